The van der Waals surface area contributed by atoms with Crippen molar-refractivity contribution in [3.63, 3.8) is 0 Å². The van der Waals surface area contributed by atoms with E-state index in [0.717, 1.165) is 12.1 Å². The Bertz CT molecular complexity index is 1200. The highest BCUT2D eigenvalue weighted by molar-refractivity contribution is 6.05. The van der Waals surface area contributed by atoms with Gasteiger partial charge in [0.1, 0.15) is 17.5 Å². The summed E-state index contributed by atoms with van der Waals surface area (Å²) in [7, 11) is 1.54. The van der Waals surface area contributed by atoms with Gasteiger partial charge in [-0.2, -0.15) is 13.2 Å². The second kappa shape index (κ2) is 7.91. The van der Waals surface area contributed by atoms with Crippen molar-refractivity contribution in [2.75, 3.05) is 18.8 Å². The van der Waals surface area contributed by atoms with Gasteiger partial charge in [-0.3, -0.25) is 9.69 Å². The van der Waals surface area contributed by atoms with Gasteiger partial charge in [-0.1, -0.05) is 12.1 Å². The lowest BCUT2D eigenvalue weighted by atomic mass is 9.89. The number of β-lactam (4-membered cyclic amide) rings is 1. The van der Waals surface area contributed by atoms with E-state index in [0.29, 0.717) is 28.6 Å². The molecule has 9 heteroatoms. The maximum absolute atomic E-state index is 13.3. The van der Waals surface area contributed by atoms with E-state index in [-0.39, 0.29) is 12.5 Å². The lowest BCUT2D eigenvalue weighted by molar-refractivity contribution is -0.138. The van der Waals surface area contributed by atoms with Gasteiger partial charge in [0.15, 0.2) is 11.5 Å². The maximum atomic E-state index is 13.3. The fourth-order valence-corrected chi connectivity index (χ4v) is 3.92. The zero-order valence-corrected chi connectivity index (χ0v) is 17.3. The van der Waals surface area contributed by atoms with E-state index in [1.165, 1.54) is 24.1 Å². The van der Waals surface area contributed by atoms with Crippen LogP contribution in [0.1, 0.15) is 17.2 Å². The Labute approximate surface area is 187 Å². The van der Waals surface area contributed by atoms with E-state index >= 15 is 0 Å². The van der Waals surface area contributed by atoms with Gasteiger partial charge in [0.25, 0.3) is 5.91 Å². The van der Waals surface area contributed by atoms with Crippen molar-refractivity contribution in [1.29, 1.82) is 0 Å². The largest absolute Gasteiger partial charge is 0.497 e. The molecule has 0 saturated carbocycles. The van der Waals surface area contributed by atoms with Crippen LogP contribution in [-0.2, 0) is 11.0 Å². The first-order chi connectivity index (χ1) is 15.8. The van der Waals surface area contributed by atoms with Crippen LogP contribution in [0.25, 0.3) is 0 Å². The standard InChI is InChI=1S/C24H18F3NO5/c1-30-17-6-8-18(9-7-17)33-22-21(14-5-10-19-20(11-14)32-13-31-19)28(23(22)29)16-4-2-3-15(12-16)24(25,26)27/h2-12,21-22H,13H2,1H3. The van der Waals surface area contributed by atoms with E-state index in [9.17, 15) is 18.0 Å². The smallest absolute Gasteiger partial charge is 0.416 e. The fourth-order valence-electron chi connectivity index (χ4n) is 3.92. The molecule has 0 aromatic heterocycles. The van der Waals surface area contributed by atoms with Crippen LogP contribution >= 0.6 is 0 Å². The van der Waals surface area contributed by atoms with Gasteiger partial charge < -0.3 is 18.9 Å². The van der Waals surface area contributed by atoms with E-state index in [1.807, 2.05) is 0 Å². The van der Waals surface area contributed by atoms with E-state index in [2.05, 4.69) is 0 Å². The van der Waals surface area contributed by atoms with Crippen molar-refractivity contribution in [1.82, 2.24) is 0 Å². The Morgan fingerprint density at radius 3 is 2.39 bits per heavy atom. The first-order valence-corrected chi connectivity index (χ1v) is 10.1. The molecule has 0 radical (unpaired) electrons. The molecule has 2 unspecified atom stereocenters. The number of hydrogen-bond acceptors (Lipinski definition) is 5. The second-order valence-electron chi connectivity index (χ2n) is 7.53. The molecule has 3 aromatic rings. The highest BCUT2D eigenvalue weighted by Gasteiger charge is 2.51. The molecular weight excluding hydrogens is 439 g/mol. The van der Waals surface area contributed by atoms with Crippen LogP contribution in [0.15, 0.2) is 66.7 Å². The first kappa shape index (κ1) is 21.0. The van der Waals surface area contributed by atoms with Gasteiger partial charge in [-0.25, -0.2) is 0 Å². The summed E-state index contributed by atoms with van der Waals surface area (Å²) in [5.41, 5.74) is -0.0568. The highest BCUT2D eigenvalue weighted by atomic mass is 19.4. The normalized spacial score (nSPS) is 19.3. The number of nitrogens with zero attached hydrogens (tertiary/aromatic N) is 1. The molecule has 2 aliphatic heterocycles. The molecule has 170 valence electrons. The number of hydrogen-bond donors (Lipinski definition) is 0. The van der Waals surface area contributed by atoms with Crippen molar-refractivity contribution >= 4 is 11.6 Å². The predicted octanol–water partition coefficient (Wildman–Crippen LogP) is 4.98. The van der Waals surface area contributed by atoms with Crippen LogP contribution in [-0.4, -0.2) is 25.9 Å². The van der Waals surface area contributed by atoms with E-state index in [4.69, 9.17) is 18.9 Å². The molecule has 33 heavy (non-hydrogen) atoms. The molecule has 0 spiro atoms. The second-order valence-corrected chi connectivity index (χ2v) is 7.53. The molecule has 0 bridgehead atoms. The summed E-state index contributed by atoms with van der Waals surface area (Å²) < 4.78 is 61.7. The number of rotatable bonds is 5. The number of carbonyl (C=O) groups is 1. The number of alkyl halides is 3. The van der Waals surface area contributed by atoms with E-state index in [1.54, 1.807) is 42.5 Å². The number of halogens is 3. The third-order valence-electron chi connectivity index (χ3n) is 5.56. The van der Waals surface area contributed by atoms with Crippen LogP contribution < -0.4 is 23.8 Å². The molecule has 2 heterocycles. The summed E-state index contributed by atoms with van der Waals surface area (Å²) in [6.45, 7) is 0.0749. The van der Waals surface area contributed by atoms with Gasteiger partial charge in [0.2, 0.25) is 12.9 Å². The molecule has 5 rings (SSSR count). The number of amides is 1. The predicted molar refractivity (Wildman–Crippen MR) is 112 cm³/mol. The maximum Gasteiger partial charge on any atom is 0.416 e. The summed E-state index contributed by atoms with van der Waals surface area (Å²) >= 11 is 0. The van der Waals surface area contributed by atoms with Crippen LogP contribution in [0.5, 0.6) is 23.0 Å². The molecular formula is C24H18F3NO5. The summed E-state index contributed by atoms with van der Waals surface area (Å²) in [5, 5.41) is 0. The third kappa shape index (κ3) is 3.79. The number of fused-ring (bicyclic) bond motifs is 1. The monoisotopic (exact) mass is 457 g/mol. The van der Waals surface area contributed by atoms with Gasteiger partial charge in [0.05, 0.1) is 12.7 Å². The molecule has 0 N–H and O–H groups in total. The Morgan fingerprint density at radius 2 is 1.67 bits per heavy atom. The third-order valence-corrected chi connectivity index (χ3v) is 5.56. The number of ether oxygens (including phenoxy) is 4. The van der Waals surface area contributed by atoms with Gasteiger partial charge >= 0.3 is 6.18 Å². The van der Waals surface area contributed by atoms with Gasteiger partial charge in [-0.15, -0.1) is 0 Å². The number of anilines is 1. The van der Waals surface area contributed by atoms with Crippen molar-refractivity contribution in [2.45, 2.75) is 18.3 Å². The SMILES string of the molecule is COc1ccc(OC2C(=O)N(c3cccc(C(F)(F)F)c3)C2c2ccc3c(c2)OCO3)cc1. The number of methoxy groups -OCH3 is 1. The van der Waals surface area contributed by atoms with Crippen molar-refractivity contribution in [3.05, 3.63) is 77.9 Å². The fraction of sp³-hybridized carbons (Fsp3) is 0.208. The minimum atomic E-state index is -4.53. The lowest BCUT2D eigenvalue weighted by Crippen LogP contribution is -2.61. The highest BCUT2D eigenvalue weighted by Crippen LogP contribution is 2.45. The van der Waals surface area contributed by atoms with Crippen LogP contribution in [0.4, 0.5) is 18.9 Å². The Kier molecular flexibility index (Phi) is 5.03. The van der Waals surface area contributed by atoms with E-state index < -0.39 is 29.8 Å². The average molecular weight is 457 g/mol. The summed E-state index contributed by atoms with van der Waals surface area (Å²) in [4.78, 5) is 14.4. The van der Waals surface area contributed by atoms with Crippen LogP contribution in [0, 0.1) is 0 Å². The molecule has 0 aliphatic carbocycles. The first-order valence-electron chi connectivity index (χ1n) is 10.1. The topological polar surface area (TPSA) is 57.2 Å². The Hall–Kier alpha value is -3.88. The molecule has 2 aliphatic rings. The van der Waals surface area contributed by atoms with Crippen LogP contribution in [0.2, 0.25) is 0 Å². The van der Waals surface area contributed by atoms with Gasteiger partial charge in [-0.05, 0) is 60.2 Å². The zero-order chi connectivity index (χ0) is 23.2. The quantitative estimate of drug-likeness (QED) is 0.506. The Balaban J connectivity index is 1.51. The molecule has 1 fully saturated rings. The Morgan fingerprint density at radius 1 is 0.939 bits per heavy atom. The van der Waals surface area contributed by atoms with Crippen molar-refractivity contribution < 1.29 is 36.9 Å². The molecule has 1 amide bonds. The molecule has 6 nitrogen and oxygen atoms in total. The zero-order valence-electron chi connectivity index (χ0n) is 17.3. The van der Waals surface area contributed by atoms with Crippen LogP contribution in [0.3, 0.4) is 0 Å². The van der Waals surface area contributed by atoms with Crippen molar-refractivity contribution in [3.8, 4) is 23.0 Å². The molecule has 2 atom stereocenters. The number of benzene rings is 3. The van der Waals surface area contributed by atoms with Crippen molar-refractivity contribution in [2.24, 2.45) is 0 Å². The number of carbonyl (C=O) groups excluding carboxylic acids is 1. The summed E-state index contributed by atoms with van der Waals surface area (Å²) in [6, 6.07) is 15.9. The van der Waals surface area contributed by atoms with Gasteiger partial charge in [0, 0.05) is 5.69 Å². The lowest BCUT2D eigenvalue weighted by Gasteiger charge is -2.46. The summed E-state index contributed by atoms with van der Waals surface area (Å²) in [6.07, 6.45) is -5.47. The summed E-state index contributed by atoms with van der Waals surface area (Å²) in [5.74, 6) is 1.67. The average Bonchev–Trinajstić information content (AvgIpc) is 3.28. The minimum absolute atomic E-state index is 0.0749. The minimum Gasteiger partial charge on any atom is -0.497 e. The molecule has 1 saturated heterocycles. The molecule has 3 aromatic carbocycles.